The van der Waals surface area contributed by atoms with Crippen LogP contribution in [0.1, 0.15) is 25.3 Å². The minimum atomic E-state index is 0.0767. The standard InChI is InChI=1S/C13H17Br2NO/c1-2-3-12(15)9-16-13(17)8-10-4-6-11(14)7-5-10/h4-7,12H,2-3,8-9H2,1H3,(H,16,17). The number of carbonyl (C=O) groups is 1. The molecule has 1 aromatic carbocycles. The van der Waals surface area contributed by atoms with E-state index in [4.69, 9.17) is 0 Å². The Morgan fingerprint density at radius 3 is 2.59 bits per heavy atom. The SMILES string of the molecule is CCCC(Br)CNC(=O)Cc1ccc(Br)cc1. The summed E-state index contributed by atoms with van der Waals surface area (Å²) in [5.41, 5.74) is 1.03. The van der Waals surface area contributed by atoms with E-state index in [1.54, 1.807) is 0 Å². The average Bonchev–Trinajstić information content (AvgIpc) is 2.30. The number of benzene rings is 1. The Balaban J connectivity index is 2.32. The molecule has 2 nitrogen and oxygen atoms in total. The zero-order chi connectivity index (χ0) is 12.7. The first-order valence-electron chi connectivity index (χ1n) is 5.77. The van der Waals surface area contributed by atoms with E-state index in [9.17, 15) is 4.79 Å². The van der Waals surface area contributed by atoms with Gasteiger partial charge in [-0.2, -0.15) is 0 Å². The van der Waals surface area contributed by atoms with Crippen LogP contribution in [0.4, 0.5) is 0 Å². The quantitative estimate of drug-likeness (QED) is 0.768. The van der Waals surface area contributed by atoms with Crippen LogP contribution in [0.5, 0.6) is 0 Å². The topological polar surface area (TPSA) is 29.1 Å². The Bertz CT molecular complexity index is 351. The van der Waals surface area contributed by atoms with E-state index in [1.807, 2.05) is 24.3 Å². The molecule has 94 valence electrons. The largest absolute Gasteiger partial charge is 0.355 e. The van der Waals surface area contributed by atoms with Gasteiger partial charge < -0.3 is 5.32 Å². The van der Waals surface area contributed by atoms with Crippen molar-refractivity contribution in [3.8, 4) is 0 Å². The van der Waals surface area contributed by atoms with Gasteiger partial charge in [0.1, 0.15) is 0 Å². The van der Waals surface area contributed by atoms with Gasteiger partial charge in [0, 0.05) is 15.8 Å². The van der Waals surface area contributed by atoms with Gasteiger partial charge in [0.15, 0.2) is 0 Å². The number of rotatable bonds is 6. The maximum atomic E-state index is 11.7. The van der Waals surface area contributed by atoms with Gasteiger partial charge in [-0.15, -0.1) is 0 Å². The molecular formula is C13H17Br2NO. The molecule has 0 radical (unpaired) electrons. The molecule has 0 aliphatic carbocycles. The fourth-order valence-corrected chi connectivity index (χ4v) is 2.37. The molecular weight excluding hydrogens is 346 g/mol. The van der Waals surface area contributed by atoms with E-state index < -0.39 is 0 Å². The molecule has 0 aliphatic rings. The van der Waals surface area contributed by atoms with E-state index in [0.29, 0.717) is 17.8 Å². The number of carbonyl (C=O) groups excluding carboxylic acids is 1. The van der Waals surface area contributed by atoms with Crippen LogP contribution in [0.3, 0.4) is 0 Å². The summed E-state index contributed by atoms with van der Waals surface area (Å²) in [6.07, 6.45) is 2.65. The number of alkyl halides is 1. The Morgan fingerprint density at radius 2 is 2.00 bits per heavy atom. The Hall–Kier alpha value is -0.350. The van der Waals surface area contributed by atoms with Crippen molar-refractivity contribution in [2.75, 3.05) is 6.54 Å². The van der Waals surface area contributed by atoms with Gasteiger partial charge in [-0.25, -0.2) is 0 Å². The molecule has 1 unspecified atom stereocenters. The molecule has 0 aromatic heterocycles. The second-order valence-electron chi connectivity index (χ2n) is 3.99. The number of hydrogen-bond donors (Lipinski definition) is 1. The van der Waals surface area contributed by atoms with E-state index in [-0.39, 0.29) is 5.91 Å². The molecule has 0 spiro atoms. The zero-order valence-electron chi connectivity index (χ0n) is 9.88. The van der Waals surface area contributed by atoms with Crippen LogP contribution < -0.4 is 5.32 Å². The molecule has 1 amide bonds. The minimum absolute atomic E-state index is 0.0767. The van der Waals surface area contributed by atoms with Crippen LogP contribution >= 0.6 is 31.9 Å². The van der Waals surface area contributed by atoms with Crippen molar-refractivity contribution in [1.29, 1.82) is 0 Å². The predicted molar refractivity (Wildman–Crippen MR) is 78.5 cm³/mol. The lowest BCUT2D eigenvalue weighted by Crippen LogP contribution is -2.30. The lowest BCUT2D eigenvalue weighted by molar-refractivity contribution is -0.120. The molecule has 1 N–H and O–H groups in total. The summed E-state index contributed by atoms with van der Waals surface area (Å²) in [5, 5.41) is 2.93. The second-order valence-corrected chi connectivity index (χ2v) is 6.20. The number of amides is 1. The normalized spacial score (nSPS) is 12.2. The summed E-state index contributed by atoms with van der Waals surface area (Å²) < 4.78 is 1.03. The molecule has 0 heterocycles. The number of nitrogens with one attached hydrogen (secondary N) is 1. The first-order valence-corrected chi connectivity index (χ1v) is 7.48. The van der Waals surface area contributed by atoms with Crippen LogP contribution in [0, 0.1) is 0 Å². The van der Waals surface area contributed by atoms with Crippen molar-refractivity contribution in [1.82, 2.24) is 5.32 Å². The summed E-state index contributed by atoms with van der Waals surface area (Å²) in [4.78, 5) is 12.0. The van der Waals surface area contributed by atoms with Crippen LogP contribution in [-0.4, -0.2) is 17.3 Å². The van der Waals surface area contributed by atoms with Crippen molar-refractivity contribution >= 4 is 37.8 Å². The van der Waals surface area contributed by atoms with Gasteiger partial charge in [0.05, 0.1) is 6.42 Å². The molecule has 0 bridgehead atoms. The smallest absolute Gasteiger partial charge is 0.224 e. The molecule has 0 saturated heterocycles. The van der Waals surface area contributed by atoms with Crippen molar-refractivity contribution < 1.29 is 4.79 Å². The van der Waals surface area contributed by atoms with E-state index in [1.165, 1.54) is 0 Å². The molecule has 0 fully saturated rings. The van der Waals surface area contributed by atoms with Crippen molar-refractivity contribution in [3.63, 3.8) is 0 Å². The summed E-state index contributed by atoms with van der Waals surface area (Å²) in [6, 6.07) is 7.82. The molecule has 0 saturated carbocycles. The lowest BCUT2D eigenvalue weighted by atomic mass is 10.1. The summed E-state index contributed by atoms with van der Waals surface area (Å²) in [7, 11) is 0. The highest BCUT2D eigenvalue weighted by Crippen LogP contribution is 2.11. The zero-order valence-corrected chi connectivity index (χ0v) is 13.1. The second kappa shape index (κ2) is 7.88. The van der Waals surface area contributed by atoms with Crippen LogP contribution in [0.15, 0.2) is 28.7 Å². The van der Waals surface area contributed by atoms with Crippen LogP contribution in [0.2, 0.25) is 0 Å². The number of halogens is 2. The third kappa shape index (κ3) is 6.22. The Kier molecular flexibility index (Phi) is 6.82. The third-order valence-corrected chi connectivity index (χ3v) is 3.71. The predicted octanol–water partition coefficient (Wildman–Crippen LogP) is 3.67. The fraction of sp³-hybridized carbons (Fsp3) is 0.462. The van der Waals surface area contributed by atoms with E-state index in [0.717, 1.165) is 22.9 Å². The average molecular weight is 363 g/mol. The summed E-state index contributed by atoms with van der Waals surface area (Å²) in [5.74, 6) is 0.0767. The molecule has 4 heteroatoms. The van der Waals surface area contributed by atoms with Crippen LogP contribution in [-0.2, 0) is 11.2 Å². The minimum Gasteiger partial charge on any atom is -0.355 e. The van der Waals surface area contributed by atoms with Gasteiger partial charge in [0.2, 0.25) is 5.91 Å². The fourth-order valence-electron chi connectivity index (χ4n) is 1.49. The van der Waals surface area contributed by atoms with Gasteiger partial charge in [-0.1, -0.05) is 57.3 Å². The van der Waals surface area contributed by atoms with Crippen molar-refractivity contribution in [2.24, 2.45) is 0 Å². The van der Waals surface area contributed by atoms with Crippen molar-refractivity contribution in [3.05, 3.63) is 34.3 Å². The summed E-state index contributed by atoms with van der Waals surface area (Å²) >= 11 is 6.91. The van der Waals surface area contributed by atoms with Crippen molar-refractivity contribution in [2.45, 2.75) is 31.0 Å². The van der Waals surface area contributed by atoms with Gasteiger partial charge in [-0.05, 0) is 24.1 Å². The highest BCUT2D eigenvalue weighted by Gasteiger charge is 2.06. The maximum Gasteiger partial charge on any atom is 0.224 e. The Labute approximate surface area is 119 Å². The first kappa shape index (κ1) is 14.7. The highest BCUT2D eigenvalue weighted by atomic mass is 79.9. The molecule has 1 aromatic rings. The van der Waals surface area contributed by atoms with Gasteiger partial charge in [0.25, 0.3) is 0 Å². The third-order valence-electron chi connectivity index (χ3n) is 2.40. The monoisotopic (exact) mass is 361 g/mol. The Morgan fingerprint density at radius 1 is 1.35 bits per heavy atom. The molecule has 17 heavy (non-hydrogen) atoms. The van der Waals surface area contributed by atoms with Gasteiger partial charge >= 0.3 is 0 Å². The maximum absolute atomic E-state index is 11.7. The van der Waals surface area contributed by atoms with E-state index >= 15 is 0 Å². The summed E-state index contributed by atoms with van der Waals surface area (Å²) in [6.45, 7) is 2.83. The van der Waals surface area contributed by atoms with Crippen LogP contribution in [0.25, 0.3) is 0 Å². The molecule has 1 rings (SSSR count). The highest BCUT2D eigenvalue weighted by molar-refractivity contribution is 9.10. The number of hydrogen-bond acceptors (Lipinski definition) is 1. The molecule has 0 aliphatic heterocycles. The lowest BCUT2D eigenvalue weighted by Gasteiger charge is -2.10. The molecule has 1 atom stereocenters. The first-order chi connectivity index (χ1) is 8.11. The van der Waals surface area contributed by atoms with Gasteiger partial charge in [-0.3, -0.25) is 4.79 Å². The van der Waals surface area contributed by atoms with E-state index in [2.05, 4.69) is 44.1 Å².